The summed E-state index contributed by atoms with van der Waals surface area (Å²) in [5.41, 5.74) is 10.2. The van der Waals surface area contributed by atoms with Crippen LogP contribution in [-0.4, -0.2) is 0 Å². The van der Waals surface area contributed by atoms with E-state index in [-0.39, 0.29) is 0 Å². The van der Waals surface area contributed by atoms with Gasteiger partial charge in [-0.05, 0) is 130 Å². The van der Waals surface area contributed by atoms with Crippen molar-refractivity contribution in [3.8, 4) is 44.5 Å². The molecule has 0 radical (unpaired) electrons. The van der Waals surface area contributed by atoms with E-state index in [9.17, 15) is 0 Å². The molecule has 15 aromatic rings. The predicted molar refractivity (Wildman–Crippen MR) is 297 cm³/mol. The Morgan fingerprint density at radius 2 is 0.403 bits per heavy atom. The SMILES string of the molecule is c1ccc2c(c1)sc1cc(-c3c4ccccc4c(-c4ccc5c(c4)sc4ccc(-c6c7ccccc7c(-c7ccc8c(c7)sc7ccccc78)c7ccccc67)cc45)c4ccccc34)ccc12. The molecule has 3 heterocycles. The summed E-state index contributed by atoms with van der Waals surface area (Å²) in [5, 5.41) is 18.2. The summed E-state index contributed by atoms with van der Waals surface area (Å²) in [7, 11) is 0. The van der Waals surface area contributed by atoms with Gasteiger partial charge >= 0.3 is 0 Å². The molecule has 0 atom stereocenters. The topological polar surface area (TPSA) is 0 Å². The Morgan fingerprint density at radius 1 is 0.164 bits per heavy atom. The molecule has 12 aromatic carbocycles. The molecule has 0 aliphatic carbocycles. The number of thiophene rings is 3. The van der Waals surface area contributed by atoms with Crippen LogP contribution in [0.2, 0.25) is 0 Å². The second kappa shape index (κ2) is 14.4. The third-order valence-electron chi connectivity index (χ3n) is 14.2. The highest BCUT2D eigenvalue weighted by atomic mass is 32.1. The first-order chi connectivity index (χ1) is 33.2. The Hall–Kier alpha value is -7.66. The van der Waals surface area contributed by atoms with Crippen LogP contribution in [0.4, 0.5) is 0 Å². The zero-order chi connectivity index (χ0) is 43.7. The highest BCUT2D eigenvalue weighted by molar-refractivity contribution is 7.26. The van der Waals surface area contributed by atoms with Gasteiger partial charge in [0.05, 0.1) is 0 Å². The standard InChI is InChI=1S/C64H36S3/c1-3-17-48-46(15-1)61(47-16-2-4-18-49(47)62(48)38-25-29-43-41-13-9-11-23-55(41)65-58(43)34-38)37-28-32-57-54(33-37)45-31-27-40(36-60(45)67-57)64-52-21-7-5-19-50(52)63(51-20-6-8-22-53(51)64)39-26-30-44-42-14-10-12-24-56(42)66-59(44)35-39/h1-36H. The second-order valence-corrected chi connectivity index (χ2v) is 21.1. The summed E-state index contributed by atoms with van der Waals surface area (Å²) in [6, 6.07) is 82.2. The minimum absolute atomic E-state index is 1.25. The Kier molecular flexibility index (Phi) is 8.08. The van der Waals surface area contributed by atoms with E-state index in [1.165, 1.54) is 148 Å². The molecule has 0 aliphatic rings. The summed E-state index contributed by atoms with van der Waals surface area (Å²) in [6.07, 6.45) is 0. The summed E-state index contributed by atoms with van der Waals surface area (Å²) in [5.74, 6) is 0. The summed E-state index contributed by atoms with van der Waals surface area (Å²) < 4.78 is 7.93. The van der Waals surface area contributed by atoms with Crippen molar-refractivity contribution >= 4 is 138 Å². The van der Waals surface area contributed by atoms with E-state index < -0.39 is 0 Å². The van der Waals surface area contributed by atoms with E-state index >= 15 is 0 Å². The highest BCUT2D eigenvalue weighted by Crippen LogP contribution is 2.49. The molecule has 15 rings (SSSR count). The normalized spacial score (nSPS) is 12.2. The van der Waals surface area contributed by atoms with Gasteiger partial charge in [-0.3, -0.25) is 0 Å². The van der Waals surface area contributed by atoms with Gasteiger partial charge in [0, 0.05) is 60.5 Å². The molecule has 0 bridgehead atoms. The van der Waals surface area contributed by atoms with Gasteiger partial charge < -0.3 is 0 Å². The van der Waals surface area contributed by atoms with E-state index in [4.69, 9.17) is 0 Å². The molecule has 0 saturated heterocycles. The average Bonchev–Trinajstić information content (AvgIpc) is 4.07. The van der Waals surface area contributed by atoms with Crippen LogP contribution in [0.3, 0.4) is 0 Å². The van der Waals surface area contributed by atoms with E-state index in [0.717, 1.165) is 0 Å². The van der Waals surface area contributed by atoms with E-state index in [1.54, 1.807) is 0 Å². The summed E-state index contributed by atoms with van der Waals surface area (Å²) >= 11 is 5.67. The maximum atomic E-state index is 2.46. The fourth-order valence-electron chi connectivity index (χ4n) is 11.4. The number of fused-ring (bicyclic) bond motifs is 13. The first-order valence-electron chi connectivity index (χ1n) is 22.9. The van der Waals surface area contributed by atoms with E-state index in [2.05, 4.69) is 218 Å². The molecule has 67 heavy (non-hydrogen) atoms. The molecule has 310 valence electrons. The minimum Gasteiger partial charge on any atom is -0.135 e. The van der Waals surface area contributed by atoms with Gasteiger partial charge in [0.1, 0.15) is 0 Å². The molecular formula is C64H36S3. The molecule has 0 fully saturated rings. The minimum atomic E-state index is 1.25. The summed E-state index contributed by atoms with van der Waals surface area (Å²) in [4.78, 5) is 0. The number of hydrogen-bond acceptors (Lipinski definition) is 3. The maximum absolute atomic E-state index is 2.46. The Bertz CT molecular complexity index is 4460. The predicted octanol–water partition coefficient (Wildman–Crippen LogP) is 20.1. The maximum Gasteiger partial charge on any atom is 0.0361 e. The molecule has 0 spiro atoms. The van der Waals surface area contributed by atoms with Crippen LogP contribution in [0.5, 0.6) is 0 Å². The molecule has 0 nitrogen and oxygen atoms in total. The lowest BCUT2D eigenvalue weighted by Gasteiger charge is -2.18. The lowest BCUT2D eigenvalue weighted by atomic mass is 9.85. The van der Waals surface area contributed by atoms with Gasteiger partial charge in [-0.2, -0.15) is 0 Å². The van der Waals surface area contributed by atoms with Crippen molar-refractivity contribution in [3.05, 3.63) is 218 Å². The number of benzene rings is 12. The number of rotatable bonds is 4. The van der Waals surface area contributed by atoms with Crippen molar-refractivity contribution in [3.63, 3.8) is 0 Å². The lowest BCUT2D eigenvalue weighted by Crippen LogP contribution is -1.91. The van der Waals surface area contributed by atoms with Crippen molar-refractivity contribution in [2.45, 2.75) is 0 Å². The lowest BCUT2D eigenvalue weighted by molar-refractivity contribution is 1.70. The summed E-state index contributed by atoms with van der Waals surface area (Å²) in [6.45, 7) is 0. The third kappa shape index (κ3) is 5.57. The van der Waals surface area contributed by atoms with E-state index in [1.807, 2.05) is 34.0 Å². The Labute approximate surface area is 397 Å². The van der Waals surface area contributed by atoms with Crippen LogP contribution in [0.15, 0.2) is 218 Å². The van der Waals surface area contributed by atoms with Gasteiger partial charge in [-0.25, -0.2) is 0 Å². The van der Waals surface area contributed by atoms with Crippen molar-refractivity contribution in [1.29, 1.82) is 0 Å². The first kappa shape index (κ1) is 37.5. The molecule has 0 N–H and O–H groups in total. The second-order valence-electron chi connectivity index (χ2n) is 17.8. The van der Waals surface area contributed by atoms with Gasteiger partial charge in [0.2, 0.25) is 0 Å². The van der Waals surface area contributed by atoms with Crippen LogP contribution in [0.1, 0.15) is 0 Å². The van der Waals surface area contributed by atoms with Crippen LogP contribution in [0, 0.1) is 0 Å². The van der Waals surface area contributed by atoms with Crippen molar-refractivity contribution in [2.75, 3.05) is 0 Å². The monoisotopic (exact) mass is 900 g/mol. The van der Waals surface area contributed by atoms with E-state index in [0.29, 0.717) is 0 Å². The Balaban J connectivity index is 0.891. The first-order valence-corrected chi connectivity index (χ1v) is 25.3. The van der Waals surface area contributed by atoms with Crippen LogP contribution >= 0.6 is 34.0 Å². The van der Waals surface area contributed by atoms with Crippen LogP contribution < -0.4 is 0 Å². The van der Waals surface area contributed by atoms with Crippen LogP contribution in [0.25, 0.3) is 148 Å². The van der Waals surface area contributed by atoms with Gasteiger partial charge in [0.15, 0.2) is 0 Å². The van der Waals surface area contributed by atoms with Crippen molar-refractivity contribution < 1.29 is 0 Å². The van der Waals surface area contributed by atoms with Gasteiger partial charge in [0.25, 0.3) is 0 Å². The highest BCUT2D eigenvalue weighted by Gasteiger charge is 2.21. The zero-order valence-corrected chi connectivity index (χ0v) is 38.5. The number of hydrogen-bond donors (Lipinski definition) is 0. The Morgan fingerprint density at radius 3 is 0.746 bits per heavy atom. The third-order valence-corrected chi connectivity index (χ3v) is 17.6. The fourth-order valence-corrected chi connectivity index (χ4v) is 14.8. The van der Waals surface area contributed by atoms with Gasteiger partial charge in [-0.1, -0.05) is 176 Å². The molecular weight excluding hydrogens is 865 g/mol. The zero-order valence-electron chi connectivity index (χ0n) is 36.0. The molecule has 3 aromatic heterocycles. The molecule has 0 saturated carbocycles. The molecule has 0 amide bonds. The smallest absolute Gasteiger partial charge is 0.0361 e. The quantitative estimate of drug-likeness (QED) is 0.154. The van der Waals surface area contributed by atoms with Gasteiger partial charge in [-0.15, -0.1) is 34.0 Å². The van der Waals surface area contributed by atoms with Crippen molar-refractivity contribution in [1.82, 2.24) is 0 Å². The van der Waals surface area contributed by atoms with Crippen molar-refractivity contribution in [2.24, 2.45) is 0 Å². The fraction of sp³-hybridized carbons (Fsp3) is 0. The van der Waals surface area contributed by atoms with Crippen LogP contribution in [-0.2, 0) is 0 Å². The molecule has 0 unspecified atom stereocenters. The molecule has 3 heteroatoms. The largest absolute Gasteiger partial charge is 0.135 e. The molecule has 0 aliphatic heterocycles. The average molecular weight is 901 g/mol.